The number of nitrogens with one attached hydrogen (secondary N) is 1. The van der Waals surface area contributed by atoms with Gasteiger partial charge in [-0.15, -0.1) is 0 Å². The summed E-state index contributed by atoms with van der Waals surface area (Å²) >= 11 is 0. The number of benzene rings is 1. The maximum Gasteiger partial charge on any atom is 0.236 e. The van der Waals surface area contributed by atoms with E-state index in [4.69, 9.17) is 9.88 Å². The standard InChI is InChI=1S/C14H20N2O5S2/c15-22(17,18)10-9-21-8-7-16-23(19,20)14-6-5-12-3-1-2-4-13(12)11-14/h1-4,11,16H,5-10H2,(H2,15,17,18). The highest BCUT2D eigenvalue weighted by atomic mass is 32.2. The van der Waals surface area contributed by atoms with Crippen LogP contribution >= 0.6 is 0 Å². The summed E-state index contributed by atoms with van der Waals surface area (Å²) in [5, 5.41) is 4.83. The van der Waals surface area contributed by atoms with Crippen molar-refractivity contribution in [1.29, 1.82) is 0 Å². The first-order chi connectivity index (χ1) is 10.8. The second kappa shape index (κ2) is 7.54. The Hall–Kier alpha value is -1.26. The predicted octanol–water partition coefficient (Wildman–Crippen LogP) is 0.198. The van der Waals surface area contributed by atoms with Crippen LogP contribution in [0.2, 0.25) is 0 Å². The Labute approximate surface area is 136 Å². The van der Waals surface area contributed by atoms with Crippen LogP contribution in [-0.2, 0) is 31.2 Å². The minimum absolute atomic E-state index is 0.0589. The van der Waals surface area contributed by atoms with Crippen molar-refractivity contribution in [2.75, 3.05) is 25.5 Å². The van der Waals surface area contributed by atoms with Crippen molar-refractivity contribution >= 4 is 26.1 Å². The van der Waals surface area contributed by atoms with Crippen molar-refractivity contribution in [2.45, 2.75) is 12.8 Å². The van der Waals surface area contributed by atoms with Crippen LogP contribution in [0.15, 0.2) is 29.2 Å². The average molecular weight is 360 g/mol. The second-order valence-corrected chi connectivity index (χ2v) is 8.74. The summed E-state index contributed by atoms with van der Waals surface area (Å²) in [6, 6.07) is 7.68. The number of sulfonamides is 2. The van der Waals surface area contributed by atoms with Crippen molar-refractivity contribution in [3.8, 4) is 0 Å². The van der Waals surface area contributed by atoms with Crippen LogP contribution in [0.25, 0.3) is 6.08 Å². The minimum atomic E-state index is -3.56. The zero-order valence-corrected chi connectivity index (χ0v) is 14.2. The second-order valence-electron chi connectivity index (χ2n) is 5.19. The van der Waals surface area contributed by atoms with Crippen LogP contribution in [0.4, 0.5) is 0 Å². The van der Waals surface area contributed by atoms with Gasteiger partial charge in [-0.05, 0) is 30.0 Å². The van der Waals surface area contributed by atoms with Gasteiger partial charge in [-0.1, -0.05) is 24.3 Å². The fraction of sp³-hybridized carbons (Fsp3) is 0.429. The lowest BCUT2D eigenvalue weighted by atomic mass is 9.98. The molecule has 2 rings (SSSR count). The number of hydrogen-bond acceptors (Lipinski definition) is 5. The molecule has 1 aliphatic rings. The molecule has 7 nitrogen and oxygen atoms in total. The number of hydrogen-bond donors (Lipinski definition) is 2. The van der Waals surface area contributed by atoms with Gasteiger partial charge in [0.05, 0.1) is 23.9 Å². The maximum absolute atomic E-state index is 12.2. The Morgan fingerprint density at radius 1 is 1.09 bits per heavy atom. The van der Waals surface area contributed by atoms with E-state index >= 15 is 0 Å². The van der Waals surface area contributed by atoms with Crippen LogP contribution < -0.4 is 9.86 Å². The number of ether oxygens (including phenoxy) is 1. The van der Waals surface area contributed by atoms with E-state index in [-0.39, 0.29) is 25.5 Å². The molecule has 23 heavy (non-hydrogen) atoms. The topological polar surface area (TPSA) is 116 Å². The van der Waals surface area contributed by atoms with Gasteiger partial charge in [0.25, 0.3) is 0 Å². The van der Waals surface area contributed by atoms with E-state index < -0.39 is 20.0 Å². The smallest absolute Gasteiger partial charge is 0.236 e. The van der Waals surface area contributed by atoms with Gasteiger partial charge in [-0.25, -0.2) is 26.7 Å². The third-order valence-corrected chi connectivity index (χ3v) is 5.74. The largest absolute Gasteiger partial charge is 0.379 e. The molecule has 1 aromatic carbocycles. The van der Waals surface area contributed by atoms with E-state index in [9.17, 15) is 16.8 Å². The predicted molar refractivity (Wildman–Crippen MR) is 88.5 cm³/mol. The number of aryl methyl sites for hydroxylation is 1. The van der Waals surface area contributed by atoms with Gasteiger partial charge in [0.15, 0.2) is 0 Å². The molecule has 1 aromatic rings. The Bertz CT molecular complexity index is 785. The Morgan fingerprint density at radius 2 is 1.83 bits per heavy atom. The minimum Gasteiger partial charge on any atom is -0.379 e. The van der Waals surface area contributed by atoms with Gasteiger partial charge in [-0.3, -0.25) is 0 Å². The number of allylic oxidation sites excluding steroid dienone is 1. The molecule has 0 unspecified atom stereocenters. The van der Waals surface area contributed by atoms with E-state index in [0.717, 1.165) is 11.1 Å². The summed E-state index contributed by atoms with van der Waals surface area (Å²) in [7, 11) is -7.11. The van der Waals surface area contributed by atoms with Gasteiger partial charge in [-0.2, -0.15) is 0 Å². The molecule has 0 atom stereocenters. The first kappa shape index (κ1) is 18.1. The maximum atomic E-state index is 12.2. The van der Waals surface area contributed by atoms with Crippen molar-refractivity contribution in [3.63, 3.8) is 0 Å². The molecule has 0 aliphatic heterocycles. The van der Waals surface area contributed by atoms with Crippen molar-refractivity contribution in [2.24, 2.45) is 5.14 Å². The molecule has 0 amide bonds. The summed E-state index contributed by atoms with van der Waals surface area (Å²) in [5.74, 6) is -0.290. The molecule has 3 N–H and O–H groups in total. The molecule has 0 aromatic heterocycles. The summed E-state index contributed by atoms with van der Waals surface area (Å²) < 4.78 is 53.4. The normalized spacial score (nSPS) is 15.1. The lowest BCUT2D eigenvalue weighted by Crippen LogP contribution is -2.30. The molecule has 0 saturated carbocycles. The average Bonchev–Trinajstić information content (AvgIpc) is 2.49. The SMILES string of the molecule is NS(=O)(=O)CCOCCNS(=O)(=O)C1=Cc2ccccc2CC1. The van der Waals surface area contributed by atoms with E-state index in [1.165, 1.54) is 0 Å². The molecule has 128 valence electrons. The molecule has 0 heterocycles. The third-order valence-electron chi connectivity index (χ3n) is 3.41. The quantitative estimate of drug-likeness (QED) is 0.643. The Balaban J connectivity index is 1.85. The molecule has 9 heteroatoms. The molecule has 0 spiro atoms. The van der Waals surface area contributed by atoms with Crippen LogP contribution in [0.3, 0.4) is 0 Å². The molecular formula is C14H20N2O5S2. The summed E-state index contributed by atoms with van der Waals surface area (Å²) in [5.41, 5.74) is 2.06. The fourth-order valence-electron chi connectivity index (χ4n) is 2.24. The number of nitrogens with two attached hydrogens (primary N) is 1. The van der Waals surface area contributed by atoms with Crippen LogP contribution in [0.5, 0.6) is 0 Å². The van der Waals surface area contributed by atoms with Crippen molar-refractivity contribution in [3.05, 3.63) is 40.3 Å². The molecular weight excluding hydrogens is 340 g/mol. The zero-order valence-electron chi connectivity index (χ0n) is 12.6. The molecule has 0 saturated heterocycles. The number of rotatable bonds is 8. The van der Waals surface area contributed by atoms with Gasteiger partial charge in [0.1, 0.15) is 0 Å². The van der Waals surface area contributed by atoms with Gasteiger partial charge >= 0.3 is 0 Å². The molecule has 0 fully saturated rings. The summed E-state index contributed by atoms with van der Waals surface area (Å²) in [4.78, 5) is 0.348. The highest BCUT2D eigenvalue weighted by Crippen LogP contribution is 2.26. The molecule has 0 radical (unpaired) electrons. The summed E-state index contributed by atoms with van der Waals surface area (Å²) in [6.07, 6.45) is 2.83. The van der Waals surface area contributed by atoms with Crippen molar-refractivity contribution in [1.82, 2.24) is 4.72 Å². The highest BCUT2D eigenvalue weighted by Gasteiger charge is 2.21. The van der Waals surface area contributed by atoms with E-state index in [1.54, 1.807) is 6.08 Å². The Kier molecular flexibility index (Phi) is 5.93. The number of primary sulfonamides is 1. The molecule has 1 aliphatic carbocycles. The van der Waals surface area contributed by atoms with Crippen LogP contribution in [0, 0.1) is 0 Å². The third kappa shape index (κ3) is 5.70. The monoisotopic (exact) mass is 360 g/mol. The van der Waals surface area contributed by atoms with E-state index in [2.05, 4.69) is 4.72 Å². The first-order valence-corrected chi connectivity index (χ1v) is 10.3. The van der Waals surface area contributed by atoms with Gasteiger partial charge in [0.2, 0.25) is 20.0 Å². The first-order valence-electron chi connectivity index (χ1n) is 7.14. The summed E-state index contributed by atoms with van der Waals surface area (Å²) in [6.45, 7) is 0.0984. The Morgan fingerprint density at radius 3 is 2.57 bits per heavy atom. The highest BCUT2D eigenvalue weighted by molar-refractivity contribution is 7.93. The van der Waals surface area contributed by atoms with Gasteiger partial charge in [0, 0.05) is 6.54 Å². The lowest BCUT2D eigenvalue weighted by Gasteiger charge is -2.17. The van der Waals surface area contributed by atoms with E-state index in [0.29, 0.717) is 17.7 Å². The van der Waals surface area contributed by atoms with Crippen LogP contribution in [0.1, 0.15) is 17.5 Å². The van der Waals surface area contributed by atoms with Crippen molar-refractivity contribution < 1.29 is 21.6 Å². The van der Waals surface area contributed by atoms with Gasteiger partial charge < -0.3 is 4.74 Å². The molecule has 0 bridgehead atoms. The number of fused-ring (bicyclic) bond motifs is 1. The zero-order chi connectivity index (χ0) is 16.9. The van der Waals surface area contributed by atoms with Crippen LogP contribution in [-0.4, -0.2) is 42.3 Å². The van der Waals surface area contributed by atoms with E-state index in [1.807, 2.05) is 24.3 Å². The lowest BCUT2D eigenvalue weighted by molar-refractivity contribution is 0.154. The fourth-order valence-corrected chi connectivity index (χ4v) is 3.78.